The van der Waals surface area contributed by atoms with Gasteiger partial charge in [-0.05, 0) is 43.4 Å². The number of rotatable bonds is 75. The number of unbranched alkanes of at least 4 members (excludes halogenated alkanes) is 42. The van der Waals surface area contributed by atoms with E-state index >= 15 is 0 Å². The molecule has 0 aromatic heterocycles. The Bertz CT molecular complexity index is 1870. The van der Waals surface area contributed by atoms with E-state index in [0.717, 1.165) is 114 Å². The molecule has 3 N–H and O–H groups in total. The normalized spacial score (nSPS) is 14.3. The Hall–Kier alpha value is -1.94. The van der Waals surface area contributed by atoms with Gasteiger partial charge < -0.3 is 33.8 Å². The van der Waals surface area contributed by atoms with Gasteiger partial charge in [-0.1, -0.05) is 344 Å². The SMILES string of the molecule is CCCCCCCCCCCCCCCCCCCCCCCC(=O)O[C@H](COC(=O)CCCCCCCCCCCCC(C)C)COP(=O)(O)OC[C@@H](O)COP(=O)(O)OC[C@@H](COC(=O)CCCCCCCCC(C)CC)OC(=O)CCCCCCCCCCCC(C)C. The van der Waals surface area contributed by atoms with E-state index in [2.05, 4.69) is 48.5 Å². The molecule has 0 amide bonds. The Morgan fingerprint density at radius 2 is 0.531 bits per heavy atom. The van der Waals surface area contributed by atoms with E-state index in [0.29, 0.717) is 25.7 Å². The number of carbonyl (C=O) groups is 4. The molecule has 0 rings (SSSR count). The Balaban J connectivity index is 5.21. The fourth-order valence-corrected chi connectivity index (χ4v) is 13.3. The van der Waals surface area contributed by atoms with Gasteiger partial charge in [0.05, 0.1) is 26.4 Å². The average Bonchev–Trinajstić information content (AvgIpc) is 3.28. The Kier molecular flexibility index (Phi) is 66.2. The molecule has 6 atom stereocenters. The molecule has 0 aliphatic heterocycles. The van der Waals surface area contributed by atoms with Crippen molar-refractivity contribution in [2.24, 2.45) is 17.8 Å². The topological polar surface area (TPSA) is 237 Å². The summed E-state index contributed by atoms with van der Waals surface area (Å²) in [5.41, 5.74) is 0. The lowest BCUT2D eigenvalue weighted by atomic mass is 10.00. The Morgan fingerprint density at radius 3 is 0.792 bits per heavy atom. The van der Waals surface area contributed by atoms with Gasteiger partial charge in [-0.3, -0.25) is 37.3 Å². The maximum Gasteiger partial charge on any atom is 0.472 e. The van der Waals surface area contributed by atoms with Crippen molar-refractivity contribution >= 4 is 39.5 Å². The van der Waals surface area contributed by atoms with Crippen LogP contribution in [0.5, 0.6) is 0 Å². The molecule has 0 spiro atoms. The highest BCUT2D eigenvalue weighted by Gasteiger charge is 2.30. The minimum absolute atomic E-state index is 0.104. The molecule has 0 aromatic carbocycles. The van der Waals surface area contributed by atoms with E-state index in [1.54, 1.807) is 0 Å². The summed E-state index contributed by atoms with van der Waals surface area (Å²) < 4.78 is 68.5. The van der Waals surface area contributed by atoms with Crippen LogP contribution in [-0.2, 0) is 65.4 Å². The molecule has 17 nitrogen and oxygen atoms in total. The van der Waals surface area contributed by atoms with Crippen molar-refractivity contribution in [1.29, 1.82) is 0 Å². The second kappa shape index (κ2) is 67.5. The molecule has 96 heavy (non-hydrogen) atoms. The number of ether oxygens (including phenoxy) is 4. The first-order valence-corrected chi connectivity index (χ1v) is 42.9. The second-order valence-corrected chi connectivity index (χ2v) is 31.8. The van der Waals surface area contributed by atoms with Crippen LogP contribution in [0.25, 0.3) is 0 Å². The summed E-state index contributed by atoms with van der Waals surface area (Å²) in [6, 6.07) is 0. The van der Waals surface area contributed by atoms with Crippen molar-refractivity contribution in [2.75, 3.05) is 39.6 Å². The lowest BCUT2D eigenvalue weighted by Crippen LogP contribution is -2.30. The molecule has 0 aliphatic rings. The predicted octanol–water partition coefficient (Wildman–Crippen LogP) is 22.6. The number of hydrogen-bond acceptors (Lipinski definition) is 15. The minimum Gasteiger partial charge on any atom is -0.462 e. The Labute approximate surface area is 588 Å². The molecule has 570 valence electrons. The molecule has 3 unspecified atom stereocenters. The van der Waals surface area contributed by atoms with Crippen molar-refractivity contribution in [2.45, 2.75) is 414 Å². The lowest BCUT2D eigenvalue weighted by Gasteiger charge is -2.21. The predicted molar refractivity (Wildman–Crippen MR) is 391 cm³/mol. The van der Waals surface area contributed by atoms with Crippen molar-refractivity contribution in [1.82, 2.24) is 0 Å². The van der Waals surface area contributed by atoms with E-state index in [-0.39, 0.29) is 25.7 Å². The number of phosphoric acid groups is 2. The molecule has 0 aliphatic carbocycles. The van der Waals surface area contributed by atoms with Crippen LogP contribution in [0.3, 0.4) is 0 Å². The molecule has 0 bridgehead atoms. The lowest BCUT2D eigenvalue weighted by molar-refractivity contribution is -0.161. The van der Waals surface area contributed by atoms with Crippen molar-refractivity contribution in [3.8, 4) is 0 Å². The van der Waals surface area contributed by atoms with Gasteiger partial charge in [0.25, 0.3) is 0 Å². The van der Waals surface area contributed by atoms with Crippen LogP contribution in [-0.4, -0.2) is 96.7 Å². The zero-order valence-electron chi connectivity index (χ0n) is 62.8. The van der Waals surface area contributed by atoms with Crippen LogP contribution in [0.15, 0.2) is 0 Å². The molecule has 0 radical (unpaired) electrons. The fraction of sp³-hybridized carbons (Fsp3) is 0.948. The summed E-state index contributed by atoms with van der Waals surface area (Å²) >= 11 is 0. The van der Waals surface area contributed by atoms with Crippen molar-refractivity contribution in [3.63, 3.8) is 0 Å². The van der Waals surface area contributed by atoms with Crippen LogP contribution < -0.4 is 0 Å². The smallest absolute Gasteiger partial charge is 0.462 e. The van der Waals surface area contributed by atoms with E-state index in [9.17, 15) is 43.2 Å². The van der Waals surface area contributed by atoms with Gasteiger partial charge in [-0.25, -0.2) is 9.13 Å². The molecule has 19 heteroatoms. The quantitative estimate of drug-likeness (QED) is 0.0222. The van der Waals surface area contributed by atoms with E-state index in [4.69, 9.17) is 37.0 Å². The first-order chi connectivity index (χ1) is 46.3. The summed E-state index contributed by atoms with van der Waals surface area (Å²) in [7, 11) is -9.91. The molecule has 0 fully saturated rings. The summed E-state index contributed by atoms with van der Waals surface area (Å²) in [5.74, 6) is 0.106. The maximum atomic E-state index is 13.1. The van der Waals surface area contributed by atoms with E-state index in [1.165, 1.54) is 199 Å². The number of carbonyl (C=O) groups excluding carboxylic acids is 4. The highest BCUT2D eigenvalue weighted by Crippen LogP contribution is 2.45. The molecular formula is C77H150O17P2. The third-order valence-electron chi connectivity index (χ3n) is 18.2. The van der Waals surface area contributed by atoms with Crippen molar-refractivity contribution < 1.29 is 80.2 Å². The summed E-state index contributed by atoms with van der Waals surface area (Å²) in [6.45, 7) is 11.8. The van der Waals surface area contributed by atoms with Gasteiger partial charge in [0.1, 0.15) is 19.3 Å². The second-order valence-electron chi connectivity index (χ2n) is 28.9. The Morgan fingerprint density at radius 1 is 0.302 bits per heavy atom. The van der Waals surface area contributed by atoms with Gasteiger partial charge in [-0.15, -0.1) is 0 Å². The van der Waals surface area contributed by atoms with Gasteiger partial charge in [0, 0.05) is 25.7 Å². The largest absolute Gasteiger partial charge is 0.472 e. The van der Waals surface area contributed by atoms with Gasteiger partial charge >= 0.3 is 39.5 Å². The van der Waals surface area contributed by atoms with Gasteiger partial charge in [0.15, 0.2) is 12.2 Å². The number of aliphatic hydroxyl groups excluding tert-OH is 1. The standard InChI is InChI=1S/C77H150O17P2/c1-8-10-11-12-13-14-15-16-17-18-19-20-21-22-23-24-25-32-37-46-53-60-76(81)93-72(64-87-74(79)58-51-44-36-31-27-26-29-34-41-48-55-68(3)4)66-91-95(83,84)89-62-71(78)63-90-96(85,86)92-67-73(65-88-75(80)59-52-45-40-39-43-50-57-70(7)9-2)94-77(82)61-54-47-38-33-28-30-35-42-49-56-69(5)6/h68-73,78H,8-67H2,1-7H3,(H,83,84)(H,85,86)/t70?,71-,72-,73-/m1/s1. The average molecular weight is 1410 g/mol. The third kappa shape index (κ3) is 69.2. The molecule has 0 heterocycles. The fourth-order valence-electron chi connectivity index (χ4n) is 11.7. The zero-order valence-corrected chi connectivity index (χ0v) is 64.6. The van der Waals surface area contributed by atoms with Crippen LogP contribution in [0.4, 0.5) is 0 Å². The van der Waals surface area contributed by atoms with Gasteiger partial charge in [-0.2, -0.15) is 0 Å². The highest BCUT2D eigenvalue weighted by atomic mass is 31.2. The number of hydrogen-bond donors (Lipinski definition) is 3. The molecular weight excluding hydrogens is 1260 g/mol. The maximum absolute atomic E-state index is 13.1. The number of aliphatic hydroxyl groups is 1. The number of phosphoric ester groups is 2. The minimum atomic E-state index is -4.96. The third-order valence-corrected chi connectivity index (χ3v) is 20.1. The molecule has 0 saturated heterocycles. The zero-order chi connectivity index (χ0) is 70.9. The first kappa shape index (κ1) is 94.1. The summed E-state index contributed by atoms with van der Waals surface area (Å²) in [4.78, 5) is 72.8. The van der Waals surface area contributed by atoms with Crippen LogP contribution >= 0.6 is 15.6 Å². The van der Waals surface area contributed by atoms with Crippen molar-refractivity contribution in [3.05, 3.63) is 0 Å². The summed E-state index contributed by atoms with van der Waals surface area (Å²) in [5, 5.41) is 10.6. The van der Waals surface area contributed by atoms with Gasteiger partial charge in [0.2, 0.25) is 0 Å². The van der Waals surface area contributed by atoms with E-state index < -0.39 is 97.5 Å². The molecule has 0 saturated carbocycles. The van der Waals surface area contributed by atoms with Crippen LogP contribution in [0.2, 0.25) is 0 Å². The monoisotopic (exact) mass is 1410 g/mol. The summed E-state index contributed by atoms with van der Waals surface area (Å²) in [6.07, 6.45) is 54.3. The first-order valence-electron chi connectivity index (χ1n) is 39.9. The highest BCUT2D eigenvalue weighted by molar-refractivity contribution is 7.47. The van der Waals surface area contributed by atoms with Crippen LogP contribution in [0, 0.1) is 17.8 Å². The van der Waals surface area contributed by atoms with E-state index in [1.807, 2.05) is 0 Å². The van der Waals surface area contributed by atoms with Crippen LogP contribution in [0.1, 0.15) is 395 Å². The number of esters is 4. The molecule has 0 aromatic rings.